The second-order valence-corrected chi connectivity index (χ2v) is 5.41. The van der Waals surface area contributed by atoms with Crippen LogP contribution in [0.1, 0.15) is 28.8 Å². The molecule has 0 spiro atoms. The molecule has 0 amide bonds. The second-order valence-electron chi connectivity index (χ2n) is 5.41. The fraction of sp³-hybridized carbons (Fsp3) is 0.312. The lowest BCUT2D eigenvalue weighted by atomic mass is 10.1. The molecule has 108 valence electrons. The van der Waals surface area contributed by atoms with Crippen LogP contribution in [0.5, 0.6) is 0 Å². The third kappa shape index (κ3) is 3.02. The van der Waals surface area contributed by atoms with E-state index in [0.29, 0.717) is 18.5 Å². The second kappa shape index (κ2) is 5.52. The molecule has 0 aliphatic heterocycles. The minimum atomic E-state index is -0.354. The van der Waals surface area contributed by atoms with Crippen molar-refractivity contribution in [3.8, 4) is 0 Å². The molecular weight excluding hydrogens is 268 g/mol. The Morgan fingerprint density at radius 2 is 2.05 bits per heavy atom. The smallest absolute Gasteiger partial charge is 0.272 e. The normalized spacial score (nSPS) is 14.1. The van der Waals surface area contributed by atoms with Crippen LogP contribution in [0.15, 0.2) is 42.7 Å². The van der Waals surface area contributed by atoms with Crippen molar-refractivity contribution in [2.24, 2.45) is 5.92 Å². The van der Waals surface area contributed by atoms with Gasteiger partial charge >= 0.3 is 0 Å². The quantitative estimate of drug-likeness (QED) is 0.464. The van der Waals surface area contributed by atoms with Gasteiger partial charge in [0.05, 0.1) is 4.92 Å². The lowest BCUT2D eigenvalue weighted by Gasteiger charge is -2.04. The first-order chi connectivity index (χ1) is 10.1. The maximum atomic E-state index is 11.9. The number of aromatic nitrogens is 1. The lowest BCUT2D eigenvalue weighted by molar-refractivity contribution is -0.385. The zero-order valence-corrected chi connectivity index (χ0v) is 11.6. The van der Waals surface area contributed by atoms with Gasteiger partial charge in [0.25, 0.3) is 5.69 Å². The van der Waals surface area contributed by atoms with Crippen molar-refractivity contribution in [1.82, 2.24) is 4.57 Å². The van der Waals surface area contributed by atoms with Crippen LogP contribution in [0.4, 0.5) is 5.69 Å². The number of benzene rings is 1. The summed E-state index contributed by atoms with van der Waals surface area (Å²) in [6.45, 7) is 0.628. The van der Waals surface area contributed by atoms with E-state index in [0.717, 1.165) is 18.4 Å². The van der Waals surface area contributed by atoms with Gasteiger partial charge in [-0.3, -0.25) is 14.9 Å². The van der Waals surface area contributed by atoms with E-state index in [1.807, 2.05) is 23.0 Å². The monoisotopic (exact) mass is 284 g/mol. The Hall–Kier alpha value is -2.43. The molecular formula is C16H16N2O3. The van der Waals surface area contributed by atoms with Gasteiger partial charge in [-0.15, -0.1) is 0 Å². The third-order valence-corrected chi connectivity index (χ3v) is 3.81. The van der Waals surface area contributed by atoms with Crippen LogP contribution in [0.3, 0.4) is 0 Å². The molecule has 0 saturated heterocycles. The first-order valence-electron chi connectivity index (χ1n) is 7.07. The summed E-state index contributed by atoms with van der Waals surface area (Å²) >= 11 is 0. The van der Waals surface area contributed by atoms with Crippen molar-refractivity contribution in [2.45, 2.75) is 25.8 Å². The minimum Gasteiger partial charge on any atom is -0.353 e. The van der Waals surface area contributed by atoms with Crippen LogP contribution in [-0.4, -0.2) is 15.3 Å². The average Bonchev–Trinajstić information content (AvgIpc) is 3.23. The molecule has 1 aromatic heterocycles. The minimum absolute atomic E-state index is 0.152. The van der Waals surface area contributed by atoms with E-state index < -0.39 is 0 Å². The number of ketones is 1. The van der Waals surface area contributed by atoms with Gasteiger partial charge in [0.15, 0.2) is 5.78 Å². The predicted molar refractivity (Wildman–Crippen MR) is 78.3 cm³/mol. The number of carbonyl (C=O) groups is 1. The van der Waals surface area contributed by atoms with E-state index in [-0.39, 0.29) is 22.3 Å². The van der Waals surface area contributed by atoms with Crippen molar-refractivity contribution >= 4 is 11.5 Å². The lowest BCUT2D eigenvalue weighted by Crippen LogP contribution is -2.03. The first kappa shape index (κ1) is 13.5. The number of Topliss-reactive ketones (excluding diaryl/α,β-unsaturated/α-hetero) is 1. The van der Waals surface area contributed by atoms with Gasteiger partial charge in [0, 0.05) is 42.0 Å². The Morgan fingerprint density at radius 1 is 1.29 bits per heavy atom. The zero-order valence-electron chi connectivity index (χ0n) is 11.6. The van der Waals surface area contributed by atoms with Crippen molar-refractivity contribution in [3.05, 3.63) is 64.0 Å². The summed E-state index contributed by atoms with van der Waals surface area (Å²) in [5, 5.41) is 11.0. The first-order valence-corrected chi connectivity index (χ1v) is 7.07. The number of hydrogen-bond acceptors (Lipinski definition) is 3. The molecule has 1 saturated carbocycles. The SMILES string of the molecule is O=C(c1ccn(CCc2ccccc2[N+](=O)[O-])c1)C1CC1. The molecule has 2 aromatic rings. The number of nitro groups is 1. The van der Waals surface area contributed by atoms with Crippen LogP contribution in [0.2, 0.25) is 0 Å². The number of hydrogen-bond donors (Lipinski definition) is 0. The van der Waals surface area contributed by atoms with E-state index >= 15 is 0 Å². The van der Waals surface area contributed by atoms with E-state index in [1.54, 1.807) is 18.2 Å². The van der Waals surface area contributed by atoms with Gasteiger partial charge in [-0.2, -0.15) is 0 Å². The fourth-order valence-corrected chi connectivity index (χ4v) is 2.46. The van der Waals surface area contributed by atoms with Crippen molar-refractivity contribution in [3.63, 3.8) is 0 Å². The van der Waals surface area contributed by atoms with Crippen molar-refractivity contribution in [2.75, 3.05) is 0 Å². The Bertz CT molecular complexity index is 686. The molecule has 0 bridgehead atoms. The highest BCUT2D eigenvalue weighted by atomic mass is 16.6. The molecule has 0 atom stereocenters. The summed E-state index contributed by atoms with van der Waals surface area (Å²) in [4.78, 5) is 22.5. The van der Waals surface area contributed by atoms with Crippen LogP contribution in [0, 0.1) is 16.0 Å². The number of para-hydroxylation sites is 1. The number of nitro benzene ring substituents is 1. The van der Waals surface area contributed by atoms with E-state index in [1.165, 1.54) is 6.07 Å². The average molecular weight is 284 g/mol. The topological polar surface area (TPSA) is 65.1 Å². The molecule has 1 aromatic carbocycles. The van der Waals surface area contributed by atoms with Crippen LogP contribution in [-0.2, 0) is 13.0 Å². The number of aryl methyl sites for hydroxylation is 2. The van der Waals surface area contributed by atoms with Crippen molar-refractivity contribution in [1.29, 1.82) is 0 Å². The Labute approximate surface area is 122 Å². The molecule has 5 heteroatoms. The summed E-state index contributed by atoms with van der Waals surface area (Å²) in [6, 6.07) is 8.61. The van der Waals surface area contributed by atoms with Crippen LogP contribution in [0.25, 0.3) is 0 Å². The highest BCUT2D eigenvalue weighted by molar-refractivity contribution is 5.99. The molecule has 1 heterocycles. The maximum absolute atomic E-state index is 11.9. The Kier molecular flexibility index (Phi) is 3.56. The highest BCUT2D eigenvalue weighted by Gasteiger charge is 2.30. The summed E-state index contributed by atoms with van der Waals surface area (Å²) < 4.78 is 1.92. The summed E-state index contributed by atoms with van der Waals surface area (Å²) in [5.41, 5.74) is 1.62. The molecule has 1 aliphatic carbocycles. The molecule has 1 aliphatic rings. The van der Waals surface area contributed by atoms with Crippen LogP contribution < -0.4 is 0 Å². The number of rotatable bonds is 6. The Balaban J connectivity index is 1.68. The summed E-state index contributed by atoms with van der Waals surface area (Å²) in [7, 11) is 0. The Morgan fingerprint density at radius 3 is 2.76 bits per heavy atom. The highest BCUT2D eigenvalue weighted by Crippen LogP contribution is 2.32. The number of carbonyl (C=O) groups excluding carboxylic acids is 1. The molecule has 0 N–H and O–H groups in total. The molecule has 3 rings (SSSR count). The molecule has 21 heavy (non-hydrogen) atoms. The maximum Gasteiger partial charge on any atom is 0.272 e. The summed E-state index contributed by atoms with van der Waals surface area (Å²) in [5.74, 6) is 0.440. The van der Waals surface area contributed by atoms with Gasteiger partial charge in [0.1, 0.15) is 0 Å². The van der Waals surface area contributed by atoms with Gasteiger partial charge in [-0.05, 0) is 25.3 Å². The largest absolute Gasteiger partial charge is 0.353 e. The third-order valence-electron chi connectivity index (χ3n) is 3.81. The van der Waals surface area contributed by atoms with E-state index in [4.69, 9.17) is 0 Å². The van der Waals surface area contributed by atoms with E-state index in [2.05, 4.69) is 0 Å². The van der Waals surface area contributed by atoms with Crippen LogP contribution >= 0.6 is 0 Å². The fourth-order valence-electron chi connectivity index (χ4n) is 2.46. The molecule has 0 radical (unpaired) electrons. The molecule has 5 nitrogen and oxygen atoms in total. The van der Waals surface area contributed by atoms with Gasteiger partial charge < -0.3 is 4.57 Å². The zero-order chi connectivity index (χ0) is 14.8. The standard InChI is InChI=1S/C16H16N2O3/c19-16(13-5-6-13)14-8-10-17(11-14)9-7-12-3-1-2-4-15(12)18(20)21/h1-4,8,10-11,13H,5-7,9H2. The van der Waals surface area contributed by atoms with Gasteiger partial charge in [-0.1, -0.05) is 18.2 Å². The van der Waals surface area contributed by atoms with Gasteiger partial charge in [-0.25, -0.2) is 0 Å². The van der Waals surface area contributed by atoms with Gasteiger partial charge in [0.2, 0.25) is 0 Å². The van der Waals surface area contributed by atoms with E-state index in [9.17, 15) is 14.9 Å². The molecule has 1 fully saturated rings. The van der Waals surface area contributed by atoms with Crippen molar-refractivity contribution < 1.29 is 9.72 Å². The molecule has 0 unspecified atom stereocenters. The predicted octanol–water partition coefficient (Wildman–Crippen LogP) is 3.23. The summed E-state index contributed by atoms with van der Waals surface area (Å²) in [6.07, 6.45) is 6.28. The number of nitrogens with zero attached hydrogens (tertiary/aromatic N) is 2.